The zero-order valence-electron chi connectivity index (χ0n) is 7.59. The molecule has 0 spiro atoms. The Morgan fingerprint density at radius 1 is 1.33 bits per heavy atom. The summed E-state index contributed by atoms with van der Waals surface area (Å²) in [6.45, 7) is 2.16. The molecule has 1 aromatic rings. The fraction of sp³-hybridized carbons (Fsp3) is 0.333. The Bertz CT molecular complexity index is 221. The van der Waals surface area contributed by atoms with Crippen LogP contribution in [0.25, 0.3) is 0 Å². The van der Waals surface area contributed by atoms with Crippen LogP contribution in [0.1, 0.15) is 25.3 Å². The third-order valence-electron chi connectivity index (χ3n) is 1.76. The van der Waals surface area contributed by atoms with Crippen LogP contribution in [0.5, 0.6) is 0 Å². The third-order valence-corrected chi connectivity index (χ3v) is 1.76. The predicted molar refractivity (Wildman–Crippen MR) is 53.0 cm³/mol. The molecule has 0 fully saturated rings. The van der Waals surface area contributed by atoms with Crippen LogP contribution < -0.4 is 0 Å². The largest absolute Gasteiger partial charge is 0.0888 e. The molecule has 0 aliphatic carbocycles. The van der Waals surface area contributed by atoms with Gasteiger partial charge < -0.3 is 0 Å². The van der Waals surface area contributed by atoms with Crippen molar-refractivity contribution < 1.29 is 0 Å². The Hall–Kier alpha value is -1.04. The molecule has 0 heteroatoms. The number of rotatable bonds is 4. The highest BCUT2D eigenvalue weighted by Gasteiger charge is 1.87. The standard InChI is InChI=1S/C12H15/c1-2-3-4-6-9-12-10-7-5-8-11-12/h3-5,7-8,10H,2,6,9H2,1H3/b4-3+. The van der Waals surface area contributed by atoms with Gasteiger partial charge in [-0.2, -0.15) is 0 Å². The quantitative estimate of drug-likeness (QED) is 0.591. The highest BCUT2D eigenvalue weighted by molar-refractivity contribution is 5.13. The molecule has 0 unspecified atom stereocenters. The van der Waals surface area contributed by atoms with Crippen molar-refractivity contribution in [3.63, 3.8) is 0 Å². The molecule has 1 aromatic carbocycles. The van der Waals surface area contributed by atoms with E-state index in [-0.39, 0.29) is 0 Å². The predicted octanol–water partition coefficient (Wildman–Crippen LogP) is 3.39. The lowest BCUT2D eigenvalue weighted by molar-refractivity contribution is 0.990. The average molecular weight is 159 g/mol. The van der Waals surface area contributed by atoms with Crippen LogP contribution in [0.4, 0.5) is 0 Å². The topological polar surface area (TPSA) is 0 Å². The van der Waals surface area contributed by atoms with Gasteiger partial charge in [0.05, 0.1) is 0 Å². The molecule has 0 amide bonds. The van der Waals surface area contributed by atoms with E-state index in [2.05, 4.69) is 37.3 Å². The fourth-order valence-electron chi connectivity index (χ4n) is 1.11. The molecular formula is C12H15. The van der Waals surface area contributed by atoms with Crippen LogP contribution in [-0.4, -0.2) is 0 Å². The SMILES string of the molecule is CC/C=C/CCc1[c]cccc1. The van der Waals surface area contributed by atoms with Gasteiger partial charge in [-0.05, 0) is 30.9 Å². The van der Waals surface area contributed by atoms with Crippen molar-refractivity contribution in [1.29, 1.82) is 0 Å². The van der Waals surface area contributed by atoms with Gasteiger partial charge in [0, 0.05) is 0 Å². The first-order chi connectivity index (χ1) is 5.93. The molecule has 0 atom stereocenters. The second kappa shape index (κ2) is 5.59. The molecule has 0 aliphatic heterocycles. The number of aryl methyl sites for hydroxylation is 1. The minimum atomic E-state index is 1.11. The van der Waals surface area contributed by atoms with Gasteiger partial charge in [-0.25, -0.2) is 0 Å². The van der Waals surface area contributed by atoms with Crippen LogP contribution >= 0.6 is 0 Å². The molecule has 0 saturated carbocycles. The van der Waals surface area contributed by atoms with E-state index in [9.17, 15) is 0 Å². The number of hydrogen-bond donors (Lipinski definition) is 0. The van der Waals surface area contributed by atoms with Gasteiger partial charge in [0.25, 0.3) is 0 Å². The molecule has 12 heavy (non-hydrogen) atoms. The normalized spacial score (nSPS) is 10.8. The van der Waals surface area contributed by atoms with E-state index in [0.717, 1.165) is 19.3 Å². The van der Waals surface area contributed by atoms with E-state index in [4.69, 9.17) is 0 Å². The molecule has 63 valence electrons. The maximum absolute atomic E-state index is 3.21. The monoisotopic (exact) mass is 159 g/mol. The van der Waals surface area contributed by atoms with E-state index in [1.165, 1.54) is 5.56 Å². The summed E-state index contributed by atoms with van der Waals surface area (Å²) in [7, 11) is 0. The second-order valence-electron chi connectivity index (χ2n) is 2.81. The molecule has 0 bridgehead atoms. The van der Waals surface area contributed by atoms with Crippen molar-refractivity contribution in [2.45, 2.75) is 26.2 Å². The minimum Gasteiger partial charge on any atom is -0.0888 e. The Morgan fingerprint density at radius 3 is 2.92 bits per heavy atom. The van der Waals surface area contributed by atoms with Gasteiger partial charge in [-0.3, -0.25) is 0 Å². The van der Waals surface area contributed by atoms with Crippen LogP contribution in [0, 0.1) is 6.07 Å². The van der Waals surface area contributed by atoms with E-state index in [1.54, 1.807) is 0 Å². The Kier molecular flexibility index (Phi) is 4.22. The Balaban J connectivity index is 2.29. The van der Waals surface area contributed by atoms with Gasteiger partial charge in [-0.1, -0.05) is 43.3 Å². The van der Waals surface area contributed by atoms with Gasteiger partial charge >= 0.3 is 0 Å². The van der Waals surface area contributed by atoms with Crippen molar-refractivity contribution in [3.05, 3.63) is 48.0 Å². The van der Waals surface area contributed by atoms with Gasteiger partial charge in [0.15, 0.2) is 0 Å². The third kappa shape index (κ3) is 3.38. The van der Waals surface area contributed by atoms with Crippen molar-refractivity contribution in [3.8, 4) is 0 Å². The van der Waals surface area contributed by atoms with Crippen molar-refractivity contribution in [2.24, 2.45) is 0 Å². The zero-order valence-corrected chi connectivity index (χ0v) is 7.59. The molecule has 0 aliphatic rings. The second-order valence-corrected chi connectivity index (χ2v) is 2.81. The summed E-state index contributed by atoms with van der Waals surface area (Å²) in [6, 6.07) is 11.4. The zero-order chi connectivity index (χ0) is 8.65. The molecule has 0 aromatic heterocycles. The summed E-state index contributed by atoms with van der Waals surface area (Å²) in [5.74, 6) is 0. The van der Waals surface area contributed by atoms with E-state index in [0.29, 0.717) is 0 Å². The summed E-state index contributed by atoms with van der Waals surface area (Å²) >= 11 is 0. The average Bonchev–Trinajstić information content (AvgIpc) is 2.14. The first kappa shape index (κ1) is 9.05. The summed E-state index contributed by atoms with van der Waals surface area (Å²) in [4.78, 5) is 0. The molecular weight excluding hydrogens is 144 g/mol. The number of benzene rings is 1. The molecule has 1 rings (SSSR count). The highest BCUT2D eigenvalue weighted by Crippen LogP contribution is 2.01. The molecule has 0 saturated heterocycles. The summed E-state index contributed by atoms with van der Waals surface area (Å²) < 4.78 is 0. The van der Waals surface area contributed by atoms with Crippen molar-refractivity contribution >= 4 is 0 Å². The highest BCUT2D eigenvalue weighted by atomic mass is 13.9. The van der Waals surface area contributed by atoms with Crippen molar-refractivity contribution in [2.75, 3.05) is 0 Å². The summed E-state index contributed by atoms with van der Waals surface area (Å²) in [5, 5.41) is 0. The molecule has 0 heterocycles. The van der Waals surface area contributed by atoms with E-state index >= 15 is 0 Å². The maximum Gasteiger partial charge on any atom is -0.0149 e. The van der Waals surface area contributed by atoms with Crippen molar-refractivity contribution in [1.82, 2.24) is 0 Å². The van der Waals surface area contributed by atoms with Crippen LogP contribution in [0.2, 0.25) is 0 Å². The lowest BCUT2D eigenvalue weighted by atomic mass is 10.1. The molecule has 0 nitrogen and oxygen atoms in total. The van der Waals surface area contributed by atoms with Crippen LogP contribution in [0.3, 0.4) is 0 Å². The van der Waals surface area contributed by atoms with E-state index in [1.807, 2.05) is 12.1 Å². The summed E-state index contributed by atoms with van der Waals surface area (Å²) in [5.41, 5.74) is 1.30. The summed E-state index contributed by atoms with van der Waals surface area (Å²) in [6.07, 6.45) is 7.83. The lowest BCUT2D eigenvalue weighted by Gasteiger charge is -1.94. The maximum atomic E-state index is 3.21. The van der Waals surface area contributed by atoms with Gasteiger partial charge in [0.1, 0.15) is 0 Å². The lowest BCUT2D eigenvalue weighted by Crippen LogP contribution is -1.81. The first-order valence-electron chi connectivity index (χ1n) is 4.54. The van der Waals surface area contributed by atoms with Gasteiger partial charge in [0.2, 0.25) is 0 Å². The first-order valence-corrected chi connectivity index (χ1v) is 4.54. The molecule has 1 radical (unpaired) electrons. The van der Waals surface area contributed by atoms with E-state index < -0.39 is 0 Å². The number of hydrogen-bond acceptors (Lipinski definition) is 0. The smallest absolute Gasteiger partial charge is 0.0149 e. The Morgan fingerprint density at radius 2 is 2.25 bits per heavy atom. The Labute approximate surface area is 74.9 Å². The fourth-order valence-corrected chi connectivity index (χ4v) is 1.11. The van der Waals surface area contributed by atoms with Crippen LogP contribution in [0.15, 0.2) is 36.4 Å². The molecule has 0 N–H and O–H groups in total. The minimum absolute atomic E-state index is 1.11. The van der Waals surface area contributed by atoms with Crippen LogP contribution in [-0.2, 0) is 6.42 Å². The number of allylic oxidation sites excluding steroid dienone is 2. The van der Waals surface area contributed by atoms with Gasteiger partial charge in [-0.15, -0.1) is 0 Å².